The largest absolute Gasteiger partial charge is 0.396 e. The molecule has 0 aliphatic rings. The van der Waals surface area contributed by atoms with E-state index in [0.717, 1.165) is 6.42 Å². The summed E-state index contributed by atoms with van der Waals surface area (Å²) in [6.45, 7) is 3.83. The zero-order valence-corrected chi connectivity index (χ0v) is 5.26. The molecule has 0 aliphatic heterocycles. The average molecular weight is 117 g/mol. The third-order valence-corrected chi connectivity index (χ3v) is 1.11. The van der Waals surface area contributed by atoms with Crippen molar-refractivity contribution in [1.82, 2.24) is 0 Å². The van der Waals surface area contributed by atoms with Crippen LogP contribution in [0.25, 0.3) is 0 Å². The van der Waals surface area contributed by atoms with Crippen molar-refractivity contribution in [3.63, 3.8) is 0 Å². The van der Waals surface area contributed by atoms with Crippen molar-refractivity contribution in [2.45, 2.75) is 18.9 Å². The van der Waals surface area contributed by atoms with Gasteiger partial charge in [0.2, 0.25) is 0 Å². The number of rotatable bonds is 4. The molecule has 1 radical (unpaired) electrons. The van der Waals surface area contributed by atoms with Crippen LogP contribution < -0.4 is 0 Å². The van der Waals surface area contributed by atoms with Gasteiger partial charge in [0, 0.05) is 13.7 Å². The summed E-state index contributed by atoms with van der Waals surface area (Å²) in [4.78, 5) is 0. The lowest BCUT2D eigenvalue weighted by atomic mass is 10.2. The predicted octanol–water partition coefficient (Wildman–Crippen LogP) is 0.608. The molecule has 0 heterocycles. The molecule has 0 aliphatic carbocycles. The highest BCUT2D eigenvalue weighted by atomic mass is 16.5. The molecule has 49 valence electrons. The highest BCUT2D eigenvalue weighted by Gasteiger charge is 2.00. The van der Waals surface area contributed by atoms with E-state index < -0.39 is 0 Å². The molecule has 2 nitrogen and oxygen atoms in total. The SMILES string of the molecule is [CH2]CC(CCO)OC. The van der Waals surface area contributed by atoms with E-state index in [1.807, 2.05) is 0 Å². The molecule has 0 amide bonds. The van der Waals surface area contributed by atoms with Crippen LogP contribution in [0, 0.1) is 6.92 Å². The molecule has 0 aromatic carbocycles. The van der Waals surface area contributed by atoms with Crippen LogP contribution in [0.4, 0.5) is 0 Å². The van der Waals surface area contributed by atoms with Crippen LogP contribution in [0.3, 0.4) is 0 Å². The highest BCUT2D eigenvalue weighted by Crippen LogP contribution is 1.98. The Morgan fingerprint density at radius 1 is 1.75 bits per heavy atom. The van der Waals surface area contributed by atoms with E-state index in [9.17, 15) is 0 Å². The first kappa shape index (κ1) is 7.92. The summed E-state index contributed by atoms with van der Waals surface area (Å²) in [6, 6.07) is 0. The molecule has 0 rings (SSSR count). The fourth-order valence-corrected chi connectivity index (χ4v) is 0.524. The van der Waals surface area contributed by atoms with E-state index in [0.29, 0.717) is 6.42 Å². The van der Waals surface area contributed by atoms with Crippen molar-refractivity contribution < 1.29 is 9.84 Å². The monoisotopic (exact) mass is 117 g/mol. The molecule has 0 aromatic rings. The van der Waals surface area contributed by atoms with E-state index in [2.05, 4.69) is 6.92 Å². The predicted molar refractivity (Wildman–Crippen MR) is 32.5 cm³/mol. The minimum atomic E-state index is 0.139. The maximum atomic E-state index is 8.39. The summed E-state index contributed by atoms with van der Waals surface area (Å²) in [5.41, 5.74) is 0. The van der Waals surface area contributed by atoms with Gasteiger partial charge in [-0.2, -0.15) is 0 Å². The van der Waals surface area contributed by atoms with Gasteiger partial charge in [0.25, 0.3) is 0 Å². The van der Waals surface area contributed by atoms with Gasteiger partial charge in [-0.15, -0.1) is 0 Å². The van der Waals surface area contributed by atoms with Gasteiger partial charge in [0.1, 0.15) is 0 Å². The van der Waals surface area contributed by atoms with Crippen LogP contribution in [-0.4, -0.2) is 24.9 Å². The van der Waals surface area contributed by atoms with Gasteiger partial charge in [-0.25, -0.2) is 0 Å². The van der Waals surface area contributed by atoms with Gasteiger partial charge >= 0.3 is 0 Å². The second-order valence-corrected chi connectivity index (χ2v) is 1.66. The normalized spacial score (nSPS) is 13.9. The Balaban J connectivity index is 3.07. The molecule has 2 heteroatoms. The first-order valence-electron chi connectivity index (χ1n) is 2.78. The molecular formula is C6H13O2. The van der Waals surface area contributed by atoms with Crippen LogP contribution in [0.5, 0.6) is 0 Å². The molecule has 1 unspecified atom stereocenters. The zero-order valence-electron chi connectivity index (χ0n) is 5.26. The van der Waals surface area contributed by atoms with Gasteiger partial charge in [-0.1, -0.05) is 6.92 Å². The second-order valence-electron chi connectivity index (χ2n) is 1.66. The summed E-state index contributed by atoms with van der Waals surface area (Å²) in [5.74, 6) is 0. The highest BCUT2D eigenvalue weighted by molar-refractivity contribution is 4.56. The van der Waals surface area contributed by atoms with Crippen LogP contribution in [-0.2, 0) is 4.74 Å². The first-order chi connectivity index (χ1) is 3.85. The van der Waals surface area contributed by atoms with Crippen LogP contribution in [0.1, 0.15) is 12.8 Å². The lowest BCUT2D eigenvalue weighted by molar-refractivity contribution is 0.0794. The van der Waals surface area contributed by atoms with Crippen molar-refractivity contribution >= 4 is 0 Å². The molecule has 8 heavy (non-hydrogen) atoms. The van der Waals surface area contributed by atoms with Gasteiger partial charge in [0.05, 0.1) is 6.10 Å². The minimum absolute atomic E-state index is 0.139. The fraction of sp³-hybridized carbons (Fsp3) is 0.833. The maximum Gasteiger partial charge on any atom is 0.0593 e. The topological polar surface area (TPSA) is 29.5 Å². The smallest absolute Gasteiger partial charge is 0.0593 e. The molecule has 0 fully saturated rings. The van der Waals surface area contributed by atoms with Gasteiger partial charge in [0.15, 0.2) is 0 Å². The minimum Gasteiger partial charge on any atom is -0.396 e. The van der Waals surface area contributed by atoms with Crippen molar-refractivity contribution in [2.75, 3.05) is 13.7 Å². The summed E-state index contributed by atoms with van der Waals surface area (Å²) in [6.07, 6.45) is 1.57. The van der Waals surface area contributed by atoms with Crippen molar-refractivity contribution in [3.05, 3.63) is 6.92 Å². The van der Waals surface area contributed by atoms with Crippen molar-refractivity contribution in [1.29, 1.82) is 0 Å². The molecular weight excluding hydrogens is 104 g/mol. The van der Waals surface area contributed by atoms with Gasteiger partial charge < -0.3 is 9.84 Å². The standard InChI is InChI=1S/C6H13O2/c1-3-6(8-2)4-5-7/h6-7H,1,3-5H2,2H3. The molecule has 0 saturated heterocycles. The number of ether oxygens (including phenoxy) is 1. The average Bonchev–Trinajstić information content (AvgIpc) is 1.83. The third kappa shape index (κ3) is 2.99. The molecule has 0 spiro atoms. The Morgan fingerprint density at radius 2 is 2.38 bits per heavy atom. The maximum absolute atomic E-state index is 8.39. The number of hydrogen-bond acceptors (Lipinski definition) is 2. The van der Waals surface area contributed by atoms with E-state index in [-0.39, 0.29) is 12.7 Å². The summed E-state index contributed by atoms with van der Waals surface area (Å²) >= 11 is 0. The van der Waals surface area contributed by atoms with Crippen LogP contribution in [0.15, 0.2) is 0 Å². The lowest BCUT2D eigenvalue weighted by Crippen LogP contribution is -2.10. The Labute approximate surface area is 50.5 Å². The Morgan fingerprint density at radius 3 is 2.50 bits per heavy atom. The quantitative estimate of drug-likeness (QED) is 0.584. The second kappa shape index (κ2) is 5.06. The number of hydrogen-bond donors (Lipinski definition) is 1. The Hall–Kier alpha value is -0.0800. The van der Waals surface area contributed by atoms with Crippen molar-refractivity contribution in [3.8, 4) is 0 Å². The van der Waals surface area contributed by atoms with E-state index in [4.69, 9.17) is 9.84 Å². The molecule has 1 atom stereocenters. The molecule has 1 N–H and O–H groups in total. The third-order valence-electron chi connectivity index (χ3n) is 1.11. The van der Waals surface area contributed by atoms with Crippen LogP contribution >= 0.6 is 0 Å². The van der Waals surface area contributed by atoms with E-state index >= 15 is 0 Å². The number of aliphatic hydroxyl groups excluding tert-OH is 1. The molecule has 0 aromatic heterocycles. The molecule has 0 saturated carbocycles. The van der Waals surface area contributed by atoms with Crippen LogP contribution in [0.2, 0.25) is 0 Å². The fourth-order valence-electron chi connectivity index (χ4n) is 0.524. The summed E-state index contributed by atoms with van der Waals surface area (Å²) < 4.78 is 4.92. The van der Waals surface area contributed by atoms with Gasteiger partial charge in [-0.05, 0) is 12.8 Å². The number of methoxy groups -OCH3 is 1. The lowest BCUT2D eigenvalue weighted by Gasteiger charge is -2.09. The zero-order chi connectivity index (χ0) is 6.41. The molecule has 0 bridgehead atoms. The summed E-state index contributed by atoms with van der Waals surface area (Å²) in [5, 5.41) is 8.39. The van der Waals surface area contributed by atoms with Gasteiger partial charge in [-0.3, -0.25) is 0 Å². The van der Waals surface area contributed by atoms with E-state index in [1.165, 1.54) is 0 Å². The first-order valence-corrected chi connectivity index (χ1v) is 2.78. The summed E-state index contributed by atoms with van der Waals surface area (Å²) in [7, 11) is 1.63. The van der Waals surface area contributed by atoms with Crippen molar-refractivity contribution in [2.24, 2.45) is 0 Å². The Kier molecular flexibility index (Phi) is 5.01. The Bertz CT molecular complexity index is 41.8. The number of aliphatic hydroxyl groups is 1. The van der Waals surface area contributed by atoms with E-state index in [1.54, 1.807) is 7.11 Å².